The molecule has 0 bridgehead atoms. The molecule has 15 heteroatoms. The van der Waals surface area contributed by atoms with Crippen molar-refractivity contribution < 1.29 is 46.6 Å². The number of carbonyl (C=O) groups is 5. The number of alkyl halides is 3. The van der Waals surface area contributed by atoms with E-state index in [9.17, 15) is 37.1 Å². The first kappa shape index (κ1) is 39.8. The zero-order valence-corrected chi connectivity index (χ0v) is 31.9. The molecule has 0 spiro atoms. The molecule has 284 valence electrons. The lowest BCUT2D eigenvalue weighted by molar-refractivity contribution is -0.130. The van der Waals surface area contributed by atoms with Gasteiger partial charge in [0.1, 0.15) is 23.4 Å². The number of hydrogen-bond acceptors (Lipinski definition) is 7. The van der Waals surface area contributed by atoms with Crippen LogP contribution in [0.15, 0.2) is 83.3 Å². The number of nitrogens with one attached hydrogen (secondary N) is 1. The molecule has 2 atom stereocenters. The standard InChI is InChI=1S/C39H38BrF3N4O7/c1-22(45(5)37(52)54-38(2,3)4)34(49)44-29-21-47(35(50)24-13-11-23(12-14-24)33(48)39(41,42)43)31-10-8-7-9-30(31)46(36(29)51)20-28-27-17-16-26(40)19-25(27)15-18-32(28)53-6/h7-19,22,29H,20-21H2,1-6H3,(H,44,49)/t22-,29-/m0/s1. The zero-order chi connectivity index (χ0) is 39.7. The second-order valence-electron chi connectivity index (χ2n) is 13.7. The Morgan fingerprint density at radius 1 is 0.944 bits per heavy atom. The Kier molecular flexibility index (Phi) is 11.4. The fraction of sp³-hybridized carbons (Fsp3) is 0.308. The molecule has 5 rings (SSSR count). The van der Waals surface area contributed by atoms with Crippen molar-refractivity contribution in [1.82, 2.24) is 10.2 Å². The van der Waals surface area contributed by atoms with Gasteiger partial charge in [0.25, 0.3) is 17.6 Å². The van der Waals surface area contributed by atoms with Crippen LogP contribution in [0.25, 0.3) is 10.8 Å². The van der Waals surface area contributed by atoms with Crippen molar-refractivity contribution in [3.63, 3.8) is 0 Å². The Hall–Kier alpha value is -5.44. The van der Waals surface area contributed by atoms with Crippen molar-refractivity contribution in [3.05, 3.63) is 100 Å². The molecule has 4 aromatic carbocycles. The number of likely N-dealkylation sites (N-methyl/N-ethyl adjacent to an activating group) is 1. The summed E-state index contributed by atoms with van der Waals surface area (Å²) in [6.07, 6.45) is -5.88. The van der Waals surface area contributed by atoms with Crippen molar-refractivity contribution in [2.24, 2.45) is 0 Å². The molecule has 54 heavy (non-hydrogen) atoms. The summed E-state index contributed by atoms with van der Waals surface area (Å²) in [6, 6.07) is 17.4. The zero-order valence-electron chi connectivity index (χ0n) is 30.3. The third-order valence-electron chi connectivity index (χ3n) is 8.83. The van der Waals surface area contributed by atoms with E-state index >= 15 is 0 Å². The van der Waals surface area contributed by atoms with Crippen molar-refractivity contribution in [2.75, 3.05) is 30.5 Å². The highest BCUT2D eigenvalue weighted by atomic mass is 79.9. The maximum absolute atomic E-state index is 14.7. The number of amides is 4. The maximum Gasteiger partial charge on any atom is 0.454 e. The SMILES string of the molecule is COc1ccc2cc(Br)ccc2c1CN1C(=O)[C@@H](NC(=O)[C@H](C)N(C)C(=O)OC(C)(C)C)CN(C(=O)c2ccc(C(=O)C(F)(F)F)cc2)c2ccccc21. The number of ether oxygens (including phenoxy) is 2. The van der Waals surface area contributed by atoms with E-state index in [2.05, 4.69) is 21.2 Å². The molecule has 1 aliphatic heterocycles. The first-order valence-corrected chi connectivity index (χ1v) is 17.5. The summed E-state index contributed by atoms with van der Waals surface area (Å²) >= 11 is 3.49. The average Bonchev–Trinajstić information content (AvgIpc) is 3.23. The molecule has 0 radical (unpaired) electrons. The topological polar surface area (TPSA) is 126 Å². The van der Waals surface area contributed by atoms with Crippen LogP contribution in [0.5, 0.6) is 5.75 Å². The number of hydrogen-bond donors (Lipinski definition) is 1. The summed E-state index contributed by atoms with van der Waals surface area (Å²) in [6.45, 7) is 6.03. The number of carbonyl (C=O) groups excluding carboxylic acids is 5. The van der Waals surface area contributed by atoms with E-state index < -0.39 is 65.6 Å². The minimum Gasteiger partial charge on any atom is -0.496 e. The second kappa shape index (κ2) is 15.5. The number of halogens is 4. The molecular weight excluding hydrogens is 773 g/mol. The molecule has 4 aromatic rings. The van der Waals surface area contributed by atoms with E-state index in [0.29, 0.717) is 17.0 Å². The van der Waals surface area contributed by atoms with Crippen LogP contribution in [0.2, 0.25) is 0 Å². The highest BCUT2D eigenvalue weighted by Crippen LogP contribution is 2.38. The van der Waals surface area contributed by atoms with Crippen LogP contribution in [0, 0.1) is 0 Å². The lowest BCUT2D eigenvalue weighted by Crippen LogP contribution is -2.57. The fourth-order valence-corrected chi connectivity index (χ4v) is 6.33. The number of nitrogens with zero attached hydrogens (tertiary/aromatic N) is 3. The van der Waals surface area contributed by atoms with Crippen LogP contribution < -0.4 is 19.9 Å². The second-order valence-corrected chi connectivity index (χ2v) is 14.6. The first-order chi connectivity index (χ1) is 25.3. The van der Waals surface area contributed by atoms with Gasteiger partial charge in [0, 0.05) is 28.2 Å². The van der Waals surface area contributed by atoms with Gasteiger partial charge in [-0.25, -0.2) is 4.79 Å². The molecule has 4 amide bonds. The predicted octanol–water partition coefficient (Wildman–Crippen LogP) is 7.29. The van der Waals surface area contributed by atoms with E-state index in [0.717, 1.165) is 44.4 Å². The number of ketones is 1. The third-order valence-corrected chi connectivity index (χ3v) is 9.33. The van der Waals surface area contributed by atoms with E-state index in [1.807, 2.05) is 24.3 Å². The number of para-hydroxylation sites is 2. The number of benzene rings is 4. The number of anilines is 2. The first-order valence-electron chi connectivity index (χ1n) is 16.8. The van der Waals surface area contributed by atoms with Crippen LogP contribution in [-0.2, 0) is 20.9 Å². The van der Waals surface area contributed by atoms with Gasteiger partial charge in [0.2, 0.25) is 5.91 Å². The third kappa shape index (κ3) is 8.51. The molecule has 0 aromatic heterocycles. The van der Waals surface area contributed by atoms with Crippen LogP contribution >= 0.6 is 15.9 Å². The van der Waals surface area contributed by atoms with E-state index in [1.165, 1.54) is 30.9 Å². The minimum absolute atomic E-state index is 0.0615. The van der Waals surface area contributed by atoms with Crippen LogP contribution in [0.1, 0.15) is 54.0 Å². The molecule has 1 aliphatic rings. The van der Waals surface area contributed by atoms with E-state index in [1.54, 1.807) is 51.1 Å². The van der Waals surface area contributed by atoms with Crippen LogP contribution in [-0.4, -0.2) is 79.1 Å². The summed E-state index contributed by atoms with van der Waals surface area (Å²) < 4.78 is 51.3. The maximum atomic E-state index is 14.7. The average molecular weight is 812 g/mol. The molecule has 0 unspecified atom stereocenters. The summed E-state index contributed by atoms with van der Waals surface area (Å²) in [5, 5.41) is 4.36. The molecule has 1 heterocycles. The van der Waals surface area contributed by atoms with Crippen molar-refractivity contribution in [3.8, 4) is 5.75 Å². The Morgan fingerprint density at radius 2 is 1.57 bits per heavy atom. The normalized spacial score (nSPS) is 15.2. The highest BCUT2D eigenvalue weighted by Gasteiger charge is 2.41. The Bertz CT molecular complexity index is 2120. The van der Waals surface area contributed by atoms with Crippen LogP contribution in [0.4, 0.5) is 29.3 Å². The predicted molar refractivity (Wildman–Crippen MR) is 200 cm³/mol. The lowest BCUT2D eigenvalue weighted by atomic mass is 10.0. The number of rotatable bonds is 8. The largest absolute Gasteiger partial charge is 0.496 e. The number of fused-ring (bicyclic) bond motifs is 2. The summed E-state index contributed by atoms with van der Waals surface area (Å²) in [4.78, 5) is 71.2. The monoisotopic (exact) mass is 810 g/mol. The lowest BCUT2D eigenvalue weighted by Gasteiger charge is -2.30. The van der Waals surface area contributed by atoms with Gasteiger partial charge in [-0.05, 0) is 80.9 Å². The molecule has 0 saturated heterocycles. The van der Waals surface area contributed by atoms with E-state index in [4.69, 9.17) is 9.47 Å². The molecular formula is C39H38BrF3N4O7. The van der Waals surface area contributed by atoms with Crippen molar-refractivity contribution in [1.29, 1.82) is 0 Å². The van der Waals surface area contributed by atoms with Gasteiger partial charge in [-0.3, -0.25) is 24.1 Å². The summed E-state index contributed by atoms with van der Waals surface area (Å²) in [5.41, 5.74) is -0.369. The quantitative estimate of drug-likeness (QED) is 0.185. The molecule has 0 saturated carbocycles. The van der Waals surface area contributed by atoms with Gasteiger partial charge in [-0.2, -0.15) is 13.2 Å². The molecule has 11 nitrogen and oxygen atoms in total. The van der Waals surface area contributed by atoms with Crippen molar-refractivity contribution in [2.45, 2.75) is 58.1 Å². The number of methoxy groups -OCH3 is 1. The van der Waals surface area contributed by atoms with Gasteiger partial charge in [0.05, 0.1) is 31.6 Å². The van der Waals surface area contributed by atoms with Crippen molar-refractivity contribution >= 4 is 67.7 Å². The van der Waals surface area contributed by atoms with Gasteiger partial charge in [-0.1, -0.05) is 52.3 Å². The van der Waals surface area contributed by atoms with Gasteiger partial charge >= 0.3 is 12.3 Å². The Balaban J connectivity index is 1.59. The smallest absolute Gasteiger partial charge is 0.454 e. The Morgan fingerprint density at radius 3 is 2.19 bits per heavy atom. The minimum atomic E-state index is -5.11. The fourth-order valence-electron chi connectivity index (χ4n) is 5.95. The summed E-state index contributed by atoms with van der Waals surface area (Å²) in [7, 11) is 2.88. The van der Waals surface area contributed by atoms with Gasteiger partial charge < -0.3 is 24.6 Å². The van der Waals surface area contributed by atoms with Gasteiger partial charge in [0.15, 0.2) is 0 Å². The Labute approximate surface area is 318 Å². The highest BCUT2D eigenvalue weighted by molar-refractivity contribution is 9.10. The molecule has 0 aliphatic carbocycles. The molecule has 1 N–H and O–H groups in total. The van der Waals surface area contributed by atoms with Gasteiger partial charge in [-0.15, -0.1) is 0 Å². The summed E-state index contributed by atoms with van der Waals surface area (Å²) in [5.74, 6) is -3.61. The number of Topliss-reactive ketones (excluding diaryl/α,β-unsaturated/α-hetero) is 1. The van der Waals surface area contributed by atoms with Crippen LogP contribution in [0.3, 0.4) is 0 Å². The molecule has 0 fully saturated rings. The van der Waals surface area contributed by atoms with E-state index in [-0.39, 0.29) is 17.8 Å².